The highest BCUT2D eigenvalue weighted by Gasteiger charge is 2.06. The van der Waals surface area contributed by atoms with Crippen molar-refractivity contribution in [1.29, 1.82) is 5.26 Å². The number of hydrogen-bond donors (Lipinski definition) is 1. The molecule has 2 aromatic carbocycles. The van der Waals surface area contributed by atoms with E-state index in [1.807, 2.05) is 38.1 Å². The van der Waals surface area contributed by atoms with Crippen LogP contribution in [0.4, 0.5) is 11.4 Å². The van der Waals surface area contributed by atoms with Crippen LogP contribution in [0.1, 0.15) is 16.7 Å². The molecule has 0 bridgehead atoms. The third kappa shape index (κ3) is 3.09. The van der Waals surface area contributed by atoms with Gasteiger partial charge in [0.25, 0.3) is 0 Å². The first kappa shape index (κ1) is 13.9. The van der Waals surface area contributed by atoms with E-state index in [9.17, 15) is 0 Å². The molecule has 0 heterocycles. The van der Waals surface area contributed by atoms with Gasteiger partial charge >= 0.3 is 0 Å². The van der Waals surface area contributed by atoms with Crippen molar-refractivity contribution < 1.29 is 0 Å². The highest BCUT2D eigenvalue weighted by molar-refractivity contribution is 9.10. The highest BCUT2D eigenvalue weighted by Crippen LogP contribution is 2.31. The topological polar surface area (TPSA) is 35.8 Å². The van der Waals surface area contributed by atoms with Crippen LogP contribution in [0.2, 0.25) is 5.02 Å². The highest BCUT2D eigenvalue weighted by atomic mass is 79.9. The summed E-state index contributed by atoms with van der Waals surface area (Å²) < 4.78 is 0.955. The second-order valence-electron chi connectivity index (χ2n) is 4.35. The Kier molecular flexibility index (Phi) is 4.14. The van der Waals surface area contributed by atoms with Gasteiger partial charge in [0.05, 0.1) is 17.3 Å². The minimum atomic E-state index is 0.687. The largest absolute Gasteiger partial charge is 0.355 e. The SMILES string of the molecule is Cc1cc(Br)c(Nc2ccc(C#N)c(C)c2)cc1Cl. The molecule has 0 aromatic heterocycles. The van der Waals surface area contributed by atoms with Gasteiger partial charge in [-0.1, -0.05) is 11.6 Å². The van der Waals surface area contributed by atoms with Crippen LogP contribution in [0.25, 0.3) is 0 Å². The van der Waals surface area contributed by atoms with Crippen LogP contribution in [-0.4, -0.2) is 0 Å². The van der Waals surface area contributed by atoms with Gasteiger partial charge in [-0.3, -0.25) is 0 Å². The number of nitrogens with one attached hydrogen (secondary N) is 1. The quantitative estimate of drug-likeness (QED) is 0.804. The summed E-state index contributed by atoms with van der Waals surface area (Å²) in [4.78, 5) is 0. The standard InChI is InChI=1S/C15H12BrClN2/c1-9-5-12(4-3-11(9)8-18)19-15-7-14(17)10(2)6-13(15)16/h3-7,19H,1-2H3. The number of nitriles is 1. The maximum atomic E-state index is 8.91. The van der Waals surface area contributed by atoms with Gasteiger partial charge in [0.2, 0.25) is 0 Å². The third-order valence-corrected chi connectivity index (χ3v) is 3.94. The lowest BCUT2D eigenvalue weighted by Gasteiger charge is -2.11. The van der Waals surface area contributed by atoms with Gasteiger partial charge in [-0.25, -0.2) is 0 Å². The zero-order valence-corrected chi connectivity index (χ0v) is 12.9. The molecule has 0 atom stereocenters. The van der Waals surface area contributed by atoms with Crippen molar-refractivity contribution in [3.8, 4) is 6.07 Å². The molecule has 4 heteroatoms. The van der Waals surface area contributed by atoms with Gasteiger partial charge in [0.15, 0.2) is 0 Å². The van der Waals surface area contributed by atoms with E-state index in [1.165, 1.54) is 0 Å². The molecule has 2 aromatic rings. The van der Waals surface area contributed by atoms with E-state index in [0.717, 1.165) is 32.0 Å². The van der Waals surface area contributed by atoms with Crippen molar-refractivity contribution in [2.45, 2.75) is 13.8 Å². The molecule has 0 fully saturated rings. The van der Waals surface area contributed by atoms with Crippen LogP contribution in [0, 0.1) is 25.2 Å². The maximum absolute atomic E-state index is 8.91. The average Bonchev–Trinajstić information content (AvgIpc) is 2.36. The van der Waals surface area contributed by atoms with Crippen molar-refractivity contribution in [2.75, 3.05) is 5.32 Å². The second kappa shape index (κ2) is 5.64. The van der Waals surface area contributed by atoms with Gasteiger partial charge in [-0.2, -0.15) is 5.26 Å². The molecule has 19 heavy (non-hydrogen) atoms. The van der Waals surface area contributed by atoms with Crippen LogP contribution < -0.4 is 5.32 Å². The van der Waals surface area contributed by atoms with E-state index in [2.05, 4.69) is 27.3 Å². The normalized spacial score (nSPS) is 10.1. The van der Waals surface area contributed by atoms with Crippen molar-refractivity contribution in [3.05, 3.63) is 56.5 Å². The second-order valence-corrected chi connectivity index (χ2v) is 5.61. The Morgan fingerprint density at radius 2 is 1.89 bits per heavy atom. The molecule has 2 rings (SSSR count). The number of halogens is 2. The molecule has 0 aliphatic rings. The molecule has 1 N–H and O–H groups in total. The van der Waals surface area contributed by atoms with Gasteiger partial charge in [0, 0.05) is 15.2 Å². The fourth-order valence-corrected chi connectivity index (χ4v) is 2.49. The lowest BCUT2D eigenvalue weighted by Crippen LogP contribution is -1.94. The number of aryl methyl sites for hydroxylation is 2. The summed E-state index contributed by atoms with van der Waals surface area (Å²) in [6.45, 7) is 3.88. The first-order chi connectivity index (χ1) is 9.01. The monoisotopic (exact) mass is 334 g/mol. The summed E-state index contributed by atoms with van der Waals surface area (Å²) in [5, 5.41) is 12.9. The average molecular weight is 336 g/mol. The fraction of sp³-hybridized carbons (Fsp3) is 0.133. The smallest absolute Gasteiger partial charge is 0.0994 e. The van der Waals surface area contributed by atoms with Gasteiger partial charge in [-0.15, -0.1) is 0 Å². The predicted octanol–water partition coefficient (Wildman–Crippen LogP) is 5.33. The molecule has 0 saturated carbocycles. The number of nitrogens with zero attached hydrogens (tertiary/aromatic N) is 1. The van der Waals surface area contributed by atoms with E-state index in [-0.39, 0.29) is 0 Å². The minimum absolute atomic E-state index is 0.687. The van der Waals surface area contributed by atoms with Crippen LogP contribution >= 0.6 is 27.5 Å². The lowest BCUT2D eigenvalue weighted by molar-refractivity contribution is 1.38. The number of benzene rings is 2. The van der Waals surface area contributed by atoms with Crippen LogP contribution in [0.5, 0.6) is 0 Å². The van der Waals surface area contributed by atoms with Crippen LogP contribution in [0.3, 0.4) is 0 Å². The van der Waals surface area contributed by atoms with Crippen molar-refractivity contribution in [3.63, 3.8) is 0 Å². The molecule has 0 aliphatic carbocycles. The molecule has 96 valence electrons. The van der Waals surface area contributed by atoms with Gasteiger partial charge in [0.1, 0.15) is 0 Å². The van der Waals surface area contributed by atoms with E-state index in [0.29, 0.717) is 5.56 Å². The minimum Gasteiger partial charge on any atom is -0.355 e. The molecule has 0 amide bonds. The number of rotatable bonds is 2. The van der Waals surface area contributed by atoms with Crippen molar-refractivity contribution >= 4 is 38.9 Å². The molecule has 0 spiro atoms. The molecule has 0 unspecified atom stereocenters. The predicted molar refractivity (Wildman–Crippen MR) is 83.1 cm³/mol. The van der Waals surface area contributed by atoms with Crippen LogP contribution in [0.15, 0.2) is 34.8 Å². The summed E-state index contributed by atoms with van der Waals surface area (Å²) in [5.74, 6) is 0. The van der Waals surface area contributed by atoms with Gasteiger partial charge < -0.3 is 5.32 Å². The summed E-state index contributed by atoms with van der Waals surface area (Å²) >= 11 is 9.64. The Morgan fingerprint density at radius 3 is 2.53 bits per heavy atom. The Bertz CT molecular complexity index is 675. The summed E-state index contributed by atoms with van der Waals surface area (Å²) in [7, 11) is 0. The van der Waals surface area contributed by atoms with Crippen molar-refractivity contribution in [1.82, 2.24) is 0 Å². The van der Waals surface area contributed by atoms with E-state index >= 15 is 0 Å². The summed E-state index contributed by atoms with van der Waals surface area (Å²) in [6.07, 6.45) is 0. The molecule has 0 radical (unpaired) electrons. The number of anilines is 2. The van der Waals surface area contributed by atoms with Crippen LogP contribution in [-0.2, 0) is 0 Å². The summed E-state index contributed by atoms with van der Waals surface area (Å²) in [5.41, 5.74) is 4.49. The Balaban J connectivity index is 2.34. The fourth-order valence-electron chi connectivity index (χ4n) is 1.76. The molecule has 0 saturated heterocycles. The third-order valence-electron chi connectivity index (χ3n) is 2.87. The summed E-state index contributed by atoms with van der Waals surface area (Å²) in [6, 6.07) is 11.6. The molecular formula is C15H12BrClN2. The Hall–Kier alpha value is -1.50. The van der Waals surface area contributed by atoms with Crippen molar-refractivity contribution in [2.24, 2.45) is 0 Å². The molecule has 0 aliphatic heterocycles. The Labute approximate surface area is 126 Å². The van der Waals surface area contributed by atoms with Gasteiger partial charge in [-0.05, 0) is 71.2 Å². The van der Waals surface area contributed by atoms with E-state index in [4.69, 9.17) is 16.9 Å². The zero-order chi connectivity index (χ0) is 14.0. The molecular weight excluding hydrogens is 324 g/mol. The molecule has 2 nitrogen and oxygen atoms in total. The lowest BCUT2D eigenvalue weighted by atomic mass is 10.1. The number of hydrogen-bond acceptors (Lipinski definition) is 2. The Morgan fingerprint density at radius 1 is 1.16 bits per heavy atom. The van der Waals surface area contributed by atoms with E-state index < -0.39 is 0 Å². The zero-order valence-electron chi connectivity index (χ0n) is 10.6. The first-order valence-corrected chi connectivity index (χ1v) is 6.92. The maximum Gasteiger partial charge on any atom is 0.0994 e. The van der Waals surface area contributed by atoms with E-state index in [1.54, 1.807) is 6.07 Å². The first-order valence-electron chi connectivity index (χ1n) is 5.74.